The average Bonchev–Trinajstić information content (AvgIpc) is 2.15. The molecule has 16 heavy (non-hydrogen) atoms. The van der Waals surface area contributed by atoms with Crippen LogP contribution in [0.15, 0.2) is 22.7 Å². The third kappa shape index (κ3) is 3.68. The summed E-state index contributed by atoms with van der Waals surface area (Å²) in [7, 11) is 1.48. The van der Waals surface area contributed by atoms with Gasteiger partial charge in [-0.05, 0) is 33.6 Å². The van der Waals surface area contributed by atoms with Crippen LogP contribution in [-0.4, -0.2) is 13.3 Å². The fourth-order valence-electron chi connectivity index (χ4n) is 1.28. The van der Waals surface area contributed by atoms with E-state index in [0.717, 1.165) is 0 Å². The van der Waals surface area contributed by atoms with E-state index in [1.807, 2.05) is 0 Å². The minimum absolute atomic E-state index is 0.421. The van der Waals surface area contributed by atoms with E-state index < -0.39 is 18.6 Å². The number of hydrogen-bond donors (Lipinski definition) is 1. The number of rotatable bonds is 3. The Bertz CT molecular complexity index is 368. The normalized spacial score (nSPS) is 13.6. The summed E-state index contributed by atoms with van der Waals surface area (Å²) in [4.78, 5) is 0. The lowest BCUT2D eigenvalue weighted by molar-refractivity contribution is -0.138. The van der Waals surface area contributed by atoms with Crippen LogP contribution in [-0.2, 0) is 0 Å². The fourth-order valence-corrected chi connectivity index (χ4v) is 1.84. The van der Waals surface area contributed by atoms with E-state index in [4.69, 9.17) is 10.5 Å². The number of nitrogens with two attached hydrogens (primary N) is 1. The van der Waals surface area contributed by atoms with Crippen molar-refractivity contribution in [1.29, 1.82) is 0 Å². The van der Waals surface area contributed by atoms with Crippen LogP contribution in [0.2, 0.25) is 0 Å². The minimum Gasteiger partial charge on any atom is -0.496 e. The van der Waals surface area contributed by atoms with Crippen molar-refractivity contribution in [2.45, 2.75) is 18.6 Å². The monoisotopic (exact) mass is 297 g/mol. The van der Waals surface area contributed by atoms with E-state index in [2.05, 4.69) is 15.9 Å². The molecule has 0 aromatic heterocycles. The van der Waals surface area contributed by atoms with Gasteiger partial charge in [0, 0.05) is 6.04 Å². The molecule has 0 aliphatic carbocycles. The molecule has 0 saturated heterocycles. The van der Waals surface area contributed by atoms with Gasteiger partial charge in [-0.15, -0.1) is 0 Å². The number of alkyl halides is 3. The van der Waals surface area contributed by atoms with Gasteiger partial charge in [0.25, 0.3) is 0 Å². The molecule has 0 saturated carbocycles. The highest BCUT2D eigenvalue weighted by Gasteiger charge is 2.31. The summed E-state index contributed by atoms with van der Waals surface area (Å²) in [6.07, 6.45) is -5.29. The van der Waals surface area contributed by atoms with Crippen molar-refractivity contribution in [1.82, 2.24) is 0 Å². The molecule has 1 rings (SSSR count). The van der Waals surface area contributed by atoms with Crippen molar-refractivity contribution in [2.75, 3.05) is 7.11 Å². The van der Waals surface area contributed by atoms with Crippen LogP contribution in [0.1, 0.15) is 18.0 Å². The van der Waals surface area contributed by atoms with Crippen molar-refractivity contribution in [3.05, 3.63) is 28.2 Å². The molecule has 0 spiro atoms. The van der Waals surface area contributed by atoms with Gasteiger partial charge < -0.3 is 10.5 Å². The molecule has 6 heteroatoms. The molecule has 1 aromatic carbocycles. The molecule has 0 bridgehead atoms. The smallest absolute Gasteiger partial charge is 0.390 e. The molecule has 1 atom stereocenters. The fraction of sp³-hybridized carbons (Fsp3) is 0.400. The molecule has 90 valence electrons. The van der Waals surface area contributed by atoms with Crippen molar-refractivity contribution < 1.29 is 17.9 Å². The molecule has 0 amide bonds. The number of methoxy groups -OCH3 is 1. The molecule has 0 heterocycles. The van der Waals surface area contributed by atoms with Crippen molar-refractivity contribution in [3.63, 3.8) is 0 Å². The first-order valence-electron chi connectivity index (χ1n) is 4.49. The van der Waals surface area contributed by atoms with Gasteiger partial charge in [0.1, 0.15) is 5.75 Å². The first-order chi connectivity index (χ1) is 7.33. The number of halogens is 4. The van der Waals surface area contributed by atoms with Gasteiger partial charge in [-0.2, -0.15) is 13.2 Å². The lowest BCUT2D eigenvalue weighted by Gasteiger charge is -2.15. The maximum absolute atomic E-state index is 12.1. The summed E-state index contributed by atoms with van der Waals surface area (Å²) in [6.45, 7) is 0. The van der Waals surface area contributed by atoms with Crippen molar-refractivity contribution >= 4 is 15.9 Å². The molecule has 0 aliphatic rings. The van der Waals surface area contributed by atoms with Crippen LogP contribution in [0, 0.1) is 0 Å². The maximum atomic E-state index is 12.1. The Balaban J connectivity index is 2.85. The lowest BCUT2D eigenvalue weighted by atomic mass is 10.0. The molecule has 0 radical (unpaired) electrons. The molecule has 0 aliphatic heterocycles. The summed E-state index contributed by atoms with van der Waals surface area (Å²) < 4.78 is 41.9. The summed E-state index contributed by atoms with van der Waals surface area (Å²) in [5, 5.41) is 0. The van der Waals surface area contributed by atoms with Gasteiger partial charge >= 0.3 is 6.18 Å². The van der Waals surface area contributed by atoms with Gasteiger partial charge in [0.05, 0.1) is 18.0 Å². The van der Waals surface area contributed by atoms with Crippen LogP contribution in [0.5, 0.6) is 5.75 Å². The first kappa shape index (κ1) is 13.3. The van der Waals surface area contributed by atoms with Gasteiger partial charge in [0.2, 0.25) is 0 Å². The Hall–Kier alpha value is -0.750. The molecule has 0 fully saturated rings. The van der Waals surface area contributed by atoms with Gasteiger partial charge in [0.15, 0.2) is 0 Å². The highest BCUT2D eigenvalue weighted by molar-refractivity contribution is 9.10. The van der Waals surface area contributed by atoms with Gasteiger partial charge in [-0.3, -0.25) is 0 Å². The van der Waals surface area contributed by atoms with Crippen molar-refractivity contribution in [3.8, 4) is 5.75 Å². The first-order valence-corrected chi connectivity index (χ1v) is 5.28. The predicted molar refractivity (Wildman–Crippen MR) is 58.3 cm³/mol. The largest absolute Gasteiger partial charge is 0.496 e. The van der Waals surface area contributed by atoms with Gasteiger partial charge in [-0.1, -0.05) is 6.07 Å². The third-order valence-corrected chi connectivity index (χ3v) is 2.68. The maximum Gasteiger partial charge on any atom is 0.390 e. The molecule has 1 aromatic rings. The van der Waals surface area contributed by atoms with E-state index in [9.17, 15) is 13.2 Å². The van der Waals surface area contributed by atoms with Crippen LogP contribution < -0.4 is 10.5 Å². The summed E-state index contributed by atoms with van der Waals surface area (Å²) >= 11 is 3.19. The van der Waals surface area contributed by atoms with E-state index >= 15 is 0 Å². The van der Waals surface area contributed by atoms with E-state index in [-0.39, 0.29) is 0 Å². The predicted octanol–water partition coefficient (Wildman–Crippen LogP) is 3.41. The zero-order chi connectivity index (χ0) is 12.3. The Morgan fingerprint density at radius 2 is 2.06 bits per heavy atom. The minimum atomic E-state index is -4.26. The van der Waals surface area contributed by atoms with Gasteiger partial charge in [-0.25, -0.2) is 0 Å². The molecule has 0 unspecified atom stereocenters. The van der Waals surface area contributed by atoms with Crippen LogP contribution in [0.4, 0.5) is 13.2 Å². The lowest BCUT2D eigenvalue weighted by Crippen LogP contribution is -2.20. The second kappa shape index (κ2) is 5.05. The molecular weight excluding hydrogens is 287 g/mol. The third-order valence-electron chi connectivity index (χ3n) is 2.06. The molecule has 2 nitrogen and oxygen atoms in total. The van der Waals surface area contributed by atoms with Crippen LogP contribution in [0.25, 0.3) is 0 Å². The summed E-state index contributed by atoms with van der Waals surface area (Å²) in [5.41, 5.74) is 5.88. The molecule has 2 N–H and O–H groups in total. The second-order valence-electron chi connectivity index (χ2n) is 3.32. The summed E-state index contributed by atoms with van der Waals surface area (Å²) in [5.74, 6) is 0.558. The second-order valence-corrected chi connectivity index (χ2v) is 4.17. The Kier molecular flexibility index (Phi) is 4.21. The highest BCUT2D eigenvalue weighted by atomic mass is 79.9. The number of hydrogen-bond acceptors (Lipinski definition) is 2. The van der Waals surface area contributed by atoms with E-state index in [1.165, 1.54) is 19.2 Å². The van der Waals surface area contributed by atoms with Crippen molar-refractivity contribution in [2.24, 2.45) is 5.73 Å². The zero-order valence-electron chi connectivity index (χ0n) is 8.51. The van der Waals surface area contributed by atoms with Crippen LogP contribution >= 0.6 is 15.9 Å². The van der Waals surface area contributed by atoms with E-state index in [1.54, 1.807) is 6.07 Å². The quantitative estimate of drug-likeness (QED) is 0.928. The van der Waals surface area contributed by atoms with Crippen LogP contribution in [0.3, 0.4) is 0 Å². The Labute approximate surface area is 99.7 Å². The Morgan fingerprint density at radius 3 is 2.50 bits per heavy atom. The molecular formula is C10H11BrF3NO. The zero-order valence-corrected chi connectivity index (χ0v) is 10.1. The topological polar surface area (TPSA) is 35.2 Å². The van der Waals surface area contributed by atoms with E-state index in [0.29, 0.717) is 15.8 Å². The SMILES string of the molecule is COc1ccc([C@H](N)CC(F)(F)F)cc1Br. The highest BCUT2D eigenvalue weighted by Crippen LogP contribution is 2.32. The number of benzene rings is 1. The number of ether oxygens (including phenoxy) is 1. The average molecular weight is 298 g/mol. The standard InChI is InChI=1S/C10H11BrF3NO/c1-16-9-3-2-6(4-7(9)11)8(15)5-10(12,13)14/h2-4,8H,5,15H2,1H3/t8-/m1/s1. The summed E-state index contributed by atoms with van der Waals surface area (Å²) in [6, 6.07) is 3.59. The Morgan fingerprint density at radius 1 is 1.44 bits per heavy atom.